The number of Topliss-reactive ketones (excluding diaryl/α,β-unsaturated/α-hetero) is 1. The molecule has 0 amide bonds. The van der Waals surface area contributed by atoms with Crippen molar-refractivity contribution in [3.05, 3.63) is 23.8 Å². The van der Waals surface area contributed by atoms with Crippen LogP contribution >= 0.6 is 0 Å². The molecule has 3 unspecified atom stereocenters. The summed E-state index contributed by atoms with van der Waals surface area (Å²) in [5.74, 6) is 0.899. The van der Waals surface area contributed by atoms with Gasteiger partial charge in [-0.3, -0.25) is 4.79 Å². The van der Waals surface area contributed by atoms with Crippen LogP contribution in [0.1, 0.15) is 56.6 Å². The number of aliphatic hydroxyl groups is 1. The van der Waals surface area contributed by atoms with Crippen molar-refractivity contribution in [2.24, 2.45) is 0 Å². The zero-order valence-corrected chi connectivity index (χ0v) is 16.4. The number of carbonyl (C=O) groups excluding carboxylic acids is 1. The number of ether oxygens (including phenoxy) is 5. The van der Waals surface area contributed by atoms with Crippen molar-refractivity contribution >= 4 is 5.78 Å². The molecule has 1 N–H and O–H groups in total. The first-order valence-corrected chi connectivity index (χ1v) is 10.0. The van der Waals surface area contributed by atoms with Crippen molar-refractivity contribution in [1.82, 2.24) is 0 Å². The summed E-state index contributed by atoms with van der Waals surface area (Å²) in [5.41, 5.74) is 0.594. The maximum atomic E-state index is 12.1. The van der Waals surface area contributed by atoms with Gasteiger partial charge in [-0.25, -0.2) is 0 Å². The Morgan fingerprint density at radius 3 is 2.46 bits per heavy atom. The summed E-state index contributed by atoms with van der Waals surface area (Å²) < 4.78 is 27.8. The monoisotopic (exact) mass is 394 g/mol. The lowest BCUT2D eigenvalue weighted by atomic mass is 10.0. The van der Waals surface area contributed by atoms with Gasteiger partial charge < -0.3 is 28.8 Å². The molecule has 28 heavy (non-hydrogen) atoms. The molecule has 1 aromatic rings. The van der Waals surface area contributed by atoms with Crippen LogP contribution in [-0.2, 0) is 19.0 Å². The number of benzene rings is 1. The molecule has 1 aromatic carbocycles. The lowest BCUT2D eigenvalue weighted by Crippen LogP contribution is -2.25. The van der Waals surface area contributed by atoms with E-state index >= 15 is 0 Å². The zero-order chi connectivity index (χ0) is 19.8. The fourth-order valence-electron chi connectivity index (χ4n) is 3.36. The molecule has 0 aromatic heterocycles. The van der Waals surface area contributed by atoms with E-state index in [4.69, 9.17) is 23.7 Å². The van der Waals surface area contributed by atoms with E-state index in [1.807, 2.05) is 0 Å². The molecule has 0 saturated carbocycles. The molecule has 3 rings (SSSR count). The minimum atomic E-state index is -0.933. The summed E-state index contributed by atoms with van der Waals surface area (Å²) in [5, 5.41) is 10.4. The number of aliphatic hydroxyl groups excluding tert-OH is 1. The van der Waals surface area contributed by atoms with Crippen molar-refractivity contribution in [1.29, 1.82) is 0 Å². The quantitative estimate of drug-likeness (QED) is 0.689. The molecule has 7 heteroatoms. The van der Waals surface area contributed by atoms with E-state index in [9.17, 15) is 9.90 Å². The summed E-state index contributed by atoms with van der Waals surface area (Å²) >= 11 is 0. The maximum absolute atomic E-state index is 12.1. The van der Waals surface area contributed by atoms with Gasteiger partial charge in [0.15, 0.2) is 29.9 Å². The molecule has 7 nitrogen and oxygen atoms in total. The minimum Gasteiger partial charge on any atom is -0.493 e. The van der Waals surface area contributed by atoms with Gasteiger partial charge in [-0.15, -0.1) is 0 Å². The Hall–Kier alpha value is -1.67. The number of hydrogen-bond acceptors (Lipinski definition) is 7. The lowest BCUT2D eigenvalue weighted by molar-refractivity contribution is -0.169. The molecule has 156 valence electrons. The molecular formula is C21H30O7. The van der Waals surface area contributed by atoms with Crippen molar-refractivity contribution in [2.75, 3.05) is 26.9 Å². The van der Waals surface area contributed by atoms with Crippen LogP contribution in [0.2, 0.25) is 0 Å². The van der Waals surface area contributed by atoms with E-state index in [0.717, 1.165) is 38.5 Å². The SMILES string of the molecule is COc1cc(C(O)CC(=O)COC2CCCCO2)ccc1OC1CCCCO1. The third-order valence-electron chi connectivity index (χ3n) is 4.96. The Labute approximate surface area is 165 Å². The van der Waals surface area contributed by atoms with E-state index < -0.39 is 6.10 Å². The summed E-state index contributed by atoms with van der Waals surface area (Å²) in [4.78, 5) is 12.1. The van der Waals surface area contributed by atoms with Crippen molar-refractivity contribution in [2.45, 2.75) is 63.6 Å². The minimum absolute atomic E-state index is 0.0260. The molecular weight excluding hydrogens is 364 g/mol. The standard InChI is InChI=1S/C21H30O7/c1-24-19-12-15(8-9-18(19)28-21-7-3-5-11-26-21)17(23)13-16(22)14-27-20-6-2-4-10-25-20/h8-9,12,17,20-21,23H,2-7,10-11,13-14H2,1H3. The van der Waals surface area contributed by atoms with Gasteiger partial charge in [0.05, 0.1) is 19.8 Å². The van der Waals surface area contributed by atoms with Crippen LogP contribution < -0.4 is 9.47 Å². The van der Waals surface area contributed by atoms with Gasteiger partial charge in [-0.1, -0.05) is 6.07 Å². The first-order chi connectivity index (χ1) is 13.7. The van der Waals surface area contributed by atoms with E-state index in [0.29, 0.717) is 30.3 Å². The molecule has 2 aliphatic rings. The van der Waals surface area contributed by atoms with Gasteiger partial charge in [-0.05, 0) is 49.8 Å². The van der Waals surface area contributed by atoms with Crippen LogP contribution in [-0.4, -0.2) is 50.4 Å². The van der Waals surface area contributed by atoms with Gasteiger partial charge in [0.25, 0.3) is 0 Å². The van der Waals surface area contributed by atoms with E-state index in [1.165, 1.54) is 0 Å². The summed E-state index contributed by atoms with van der Waals surface area (Å²) in [6, 6.07) is 5.18. The van der Waals surface area contributed by atoms with Gasteiger partial charge in [0.2, 0.25) is 0 Å². The molecule has 0 spiro atoms. The molecule has 0 aliphatic carbocycles. The highest BCUT2D eigenvalue weighted by Gasteiger charge is 2.21. The normalized spacial score (nSPS) is 23.8. The van der Waals surface area contributed by atoms with Crippen LogP contribution in [0.5, 0.6) is 11.5 Å². The van der Waals surface area contributed by atoms with Crippen LogP contribution in [0.25, 0.3) is 0 Å². The molecule has 0 bridgehead atoms. The Kier molecular flexibility index (Phi) is 8.09. The second-order valence-electron chi connectivity index (χ2n) is 7.19. The van der Waals surface area contributed by atoms with E-state index in [1.54, 1.807) is 25.3 Å². The fraction of sp³-hybridized carbons (Fsp3) is 0.667. The highest BCUT2D eigenvalue weighted by Crippen LogP contribution is 2.33. The maximum Gasteiger partial charge on any atom is 0.200 e. The number of hydrogen-bond donors (Lipinski definition) is 1. The van der Waals surface area contributed by atoms with Crippen LogP contribution in [0.15, 0.2) is 18.2 Å². The molecule has 2 saturated heterocycles. The van der Waals surface area contributed by atoms with E-state index in [-0.39, 0.29) is 31.4 Å². The third kappa shape index (κ3) is 6.17. The molecule has 0 radical (unpaired) electrons. The van der Waals surface area contributed by atoms with E-state index in [2.05, 4.69) is 0 Å². The van der Waals surface area contributed by atoms with Crippen LogP contribution in [0.4, 0.5) is 0 Å². The molecule has 2 aliphatic heterocycles. The van der Waals surface area contributed by atoms with Gasteiger partial charge in [-0.2, -0.15) is 0 Å². The molecule has 2 fully saturated rings. The average Bonchev–Trinajstić information content (AvgIpc) is 2.74. The molecule has 2 heterocycles. The summed E-state index contributed by atoms with van der Waals surface area (Å²) in [6.07, 6.45) is 4.29. The Morgan fingerprint density at radius 1 is 1.11 bits per heavy atom. The number of ketones is 1. The van der Waals surface area contributed by atoms with Crippen LogP contribution in [0, 0.1) is 0 Å². The highest BCUT2D eigenvalue weighted by atomic mass is 16.7. The lowest BCUT2D eigenvalue weighted by Gasteiger charge is -2.24. The largest absolute Gasteiger partial charge is 0.493 e. The smallest absolute Gasteiger partial charge is 0.200 e. The van der Waals surface area contributed by atoms with Crippen molar-refractivity contribution < 1.29 is 33.6 Å². The first kappa shape index (κ1) is 21.0. The number of methoxy groups -OCH3 is 1. The number of carbonyl (C=O) groups is 1. The predicted octanol–water partition coefficient (Wildman–Crippen LogP) is 3.14. The zero-order valence-electron chi connectivity index (χ0n) is 16.4. The topological polar surface area (TPSA) is 83.5 Å². The van der Waals surface area contributed by atoms with Crippen LogP contribution in [0.3, 0.4) is 0 Å². The Balaban J connectivity index is 1.52. The second-order valence-corrected chi connectivity index (χ2v) is 7.19. The molecule has 3 atom stereocenters. The van der Waals surface area contributed by atoms with Gasteiger partial charge in [0, 0.05) is 19.4 Å². The predicted molar refractivity (Wildman–Crippen MR) is 101 cm³/mol. The Bertz CT molecular complexity index is 621. The summed E-state index contributed by atoms with van der Waals surface area (Å²) in [6.45, 7) is 1.31. The second kappa shape index (κ2) is 10.8. The van der Waals surface area contributed by atoms with Crippen molar-refractivity contribution in [3.8, 4) is 11.5 Å². The van der Waals surface area contributed by atoms with Gasteiger partial charge in [0.1, 0.15) is 6.61 Å². The first-order valence-electron chi connectivity index (χ1n) is 10.0. The third-order valence-corrected chi connectivity index (χ3v) is 4.96. The fourth-order valence-corrected chi connectivity index (χ4v) is 3.36. The Morgan fingerprint density at radius 2 is 1.82 bits per heavy atom. The number of rotatable bonds is 9. The highest BCUT2D eigenvalue weighted by molar-refractivity contribution is 5.80. The average molecular weight is 394 g/mol. The summed E-state index contributed by atoms with van der Waals surface area (Å²) in [7, 11) is 1.54. The van der Waals surface area contributed by atoms with Gasteiger partial charge >= 0.3 is 0 Å². The van der Waals surface area contributed by atoms with Crippen molar-refractivity contribution in [3.63, 3.8) is 0 Å².